The van der Waals surface area contributed by atoms with Crippen molar-refractivity contribution in [2.75, 3.05) is 20.1 Å². The van der Waals surface area contributed by atoms with Crippen LogP contribution in [-0.2, 0) is 12.8 Å². The van der Waals surface area contributed by atoms with Gasteiger partial charge in [0.15, 0.2) is 17.7 Å². The number of aliphatic imine (C=N–C) groups is 1. The van der Waals surface area contributed by atoms with Crippen LogP contribution in [0.4, 0.5) is 0 Å². The molecule has 4 heterocycles. The summed E-state index contributed by atoms with van der Waals surface area (Å²) in [5, 5.41) is 26.0. The number of benzene rings is 1. The van der Waals surface area contributed by atoms with Crippen LogP contribution in [0.2, 0.25) is 0 Å². The van der Waals surface area contributed by atoms with Crippen LogP contribution in [0.1, 0.15) is 50.5 Å². The number of nitrogens with one attached hydrogen (secondary N) is 3. The number of aliphatic hydroxyl groups is 1. The van der Waals surface area contributed by atoms with E-state index in [1.54, 1.807) is 31.0 Å². The topological polar surface area (TPSA) is 189 Å². The first-order chi connectivity index (χ1) is 19.2. The third-order valence-electron chi connectivity index (χ3n) is 8.52. The zero-order valence-electron chi connectivity index (χ0n) is 22.6. The number of nitrogens with zero attached hydrogens (tertiary/aromatic N) is 5. The van der Waals surface area contributed by atoms with E-state index in [1.807, 2.05) is 12.1 Å². The summed E-state index contributed by atoms with van der Waals surface area (Å²) in [6, 6.07) is 7.44. The molecule has 1 aromatic heterocycles. The molecule has 2 amide bonds. The number of hydrogen-bond donors (Lipinski definition) is 6. The molecule has 1 aromatic carbocycles. The zero-order valence-corrected chi connectivity index (χ0v) is 22.6. The van der Waals surface area contributed by atoms with E-state index in [0.29, 0.717) is 11.3 Å². The molecule has 1 fully saturated rings. The summed E-state index contributed by atoms with van der Waals surface area (Å²) >= 11 is 0. The van der Waals surface area contributed by atoms with Crippen molar-refractivity contribution < 1.29 is 19.7 Å². The van der Waals surface area contributed by atoms with E-state index in [2.05, 4.69) is 36.9 Å². The molecule has 8 N–H and O–H groups in total. The molecule has 210 valence electrons. The summed E-state index contributed by atoms with van der Waals surface area (Å²) in [6.45, 7) is 2.21. The quantitative estimate of drug-likeness (QED) is 0.226. The smallest absolute Gasteiger partial charge is 0.343 e. The lowest BCUT2D eigenvalue weighted by Crippen LogP contribution is -2.88. The van der Waals surface area contributed by atoms with Gasteiger partial charge in [-0.2, -0.15) is 5.10 Å². The summed E-state index contributed by atoms with van der Waals surface area (Å²) in [5.41, 5.74) is 15.4. The number of fused-ring (bicyclic) bond motifs is 1. The Bertz CT molecular complexity index is 1410. The van der Waals surface area contributed by atoms with Gasteiger partial charge in [0, 0.05) is 25.7 Å². The molecule has 1 aliphatic carbocycles. The van der Waals surface area contributed by atoms with Gasteiger partial charge in [0.25, 0.3) is 11.8 Å². The molecule has 1 spiro atoms. The normalized spacial score (nSPS) is 28.4. The fourth-order valence-corrected chi connectivity index (χ4v) is 6.58. The van der Waals surface area contributed by atoms with Crippen molar-refractivity contribution in [3.05, 3.63) is 58.4 Å². The monoisotopic (exact) mass is 547 g/mol. The Morgan fingerprint density at radius 1 is 1.23 bits per heavy atom. The molecule has 2 aromatic rings. The molecule has 13 nitrogen and oxygen atoms in total. The maximum atomic E-state index is 13.5. The maximum Gasteiger partial charge on any atom is 0.343 e. The molecule has 0 saturated carbocycles. The van der Waals surface area contributed by atoms with Gasteiger partial charge in [-0.3, -0.25) is 20.3 Å². The highest BCUT2D eigenvalue weighted by Crippen LogP contribution is 2.36. The van der Waals surface area contributed by atoms with Gasteiger partial charge < -0.3 is 26.0 Å². The summed E-state index contributed by atoms with van der Waals surface area (Å²) in [6.07, 6.45) is 2.91. The second-order valence-electron chi connectivity index (χ2n) is 11.1. The Kier molecular flexibility index (Phi) is 6.32. The molecular weight excluding hydrogens is 512 g/mol. The van der Waals surface area contributed by atoms with Crippen LogP contribution in [-0.4, -0.2) is 98.9 Å². The first-order valence-electron chi connectivity index (χ1n) is 13.6. The Balaban J connectivity index is 1.24. The predicted molar refractivity (Wildman–Crippen MR) is 146 cm³/mol. The van der Waals surface area contributed by atoms with Crippen molar-refractivity contribution in [3.8, 4) is 0 Å². The molecule has 0 bridgehead atoms. The van der Waals surface area contributed by atoms with Crippen LogP contribution in [0.25, 0.3) is 0 Å². The molecular formula is C27H35N10O3+. The van der Waals surface area contributed by atoms with Crippen molar-refractivity contribution in [1.82, 2.24) is 30.6 Å². The number of likely N-dealkylation sites (N-methyl/N-ethyl adjacent to an activating group) is 1. The van der Waals surface area contributed by atoms with E-state index in [-0.39, 0.29) is 42.5 Å². The number of hydrogen-bond acceptors (Lipinski definition) is 10. The lowest BCUT2D eigenvalue weighted by molar-refractivity contribution is -0.514. The summed E-state index contributed by atoms with van der Waals surface area (Å²) in [5.74, 6) is -0.0976. The van der Waals surface area contributed by atoms with Crippen LogP contribution in [0, 0.1) is 6.92 Å². The average Bonchev–Trinajstić information content (AvgIpc) is 3.44. The molecule has 4 aliphatic rings. The number of aryl methyl sites for hydroxylation is 2. The molecule has 1 saturated heterocycles. The van der Waals surface area contributed by atoms with Crippen molar-refractivity contribution in [1.29, 1.82) is 0 Å². The highest BCUT2D eigenvalue weighted by atomic mass is 16.3. The van der Waals surface area contributed by atoms with Crippen molar-refractivity contribution in [2.24, 2.45) is 16.5 Å². The molecule has 2 unspecified atom stereocenters. The highest BCUT2D eigenvalue weighted by molar-refractivity contribution is 5.96. The third-order valence-corrected chi connectivity index (χ3v) is 8.52. The van der Waals surface area contributed by atoms with Gasteiger partial charge >= 0.3 is 5.96 Å². The molecule has 0 radical (unpaired) electrons. The zero-order chi connectivity index (χ0) is 28.2. The number of carbonyl (C=O) groups is 2. The third kappa shape index (κ3) is 4.12. The van der Waals surface area contributed by atoms with Crippen LogP contribution >= 0.6 is 0 Å². The van der Waals surface area contributed by atoms with Crippen molar-refractivity contribution in [2.45, 2.75) is 62.5 Å². The molecule has 6 rings (SSSR count). The van der Waals surface area contributed by atoms with Crippen LogP contribution in [0.15, 0.2) is 35.3 Å². The standard InChI is InChI=1S/C27H34N10O3/c1-14-10-11-18(35-34-14)24(40)36(2)12-19-21-27(33-25(28)32-21)22(38)20(13-37(27)26(29)31-19)30-23(39)17-9-5-7-15-6-3-4-8-16(15)17/h5,7,9-11,19-22,38H,3-4,6,8,12-13H2,1-2H3,(H2,29,31)(H,30,39)(H3,28,32,33)/p+1/t19-,20?,21-,22+,27?/m0/s1. The minimum Gasteiger partial charge on any atom is -0.385 e. The lowest BCUT2D eigenvalue weighted by Gasteiger charge is -2.44. The highest BCUT2D eigenvalue weighted by Gasteiger charge is 2.68. The van der Waals surface area contributed by atoms with E-state index in [4.69, 9.17) is 11.5 Å². The SMILES string of the molecule is Cc1ccc(C(=O)N(C)C[C@@H]2N=C(N)N3CC(NC(=O)c4cccc5c4CCCC5)[C@@H](O)C34NC(N)=[NH+][C@@H]24)nn1. The minimum absolute atomic E-state index is 0.178. The van der Waals surface area contributed by atoms with E-state index in [9.17, 15) is 14.7 Å². The van der Waals surface area contributed by atoms with Gasteiger partial charge in [0.2, 0.25) is 5.66 Å². The van der Waals surface area contributed by atoms with Gasteiger partial charge in [0.1, 0.15) is 12.1 Å². The first-order valence-corrected chi connectivity index (χ1v) is 13.6. The van der Waals surface area contributed by atoms with Crippen LogP contribution in [0.5, 0.6) is 0 Å². The van der Waals surface area contributed by atoms with Gasteiger partial charge in [-0.25, -0.2) is 10.3 Å². The fraction of sp³-hybridized carbons (Fsp3) is 0.481. The first kappa shape index (κ1) is 26.0. The number of aliphatic hydroxyl groups excluding tert-OH is 1. The molecule has 40 heavy (non-hydrogen) atoms. The molecule has 13 heteroatoms. The predicted octanol–water partition coefficient (Wildman–Crippen LogP) is -3.03. The van der Waals surface area contributed by atoms with Gasteiger partial charge in [0.05, 0.1) is 11.7 Å². The fourth-order valence-electron chi connectivity index (χ4n) is 6.58. The van der Waals surface area contributed by atoms with E-state index in [0.717, 1.165) is 31.2 Å². The number of guanidine groups is 2. The number of nitrogens with two attached hydrogens (primary N) is 2. The summed E-state index contributed by atoms with van der Waals surface area (Å²) < 4.78 is 0. The van der Waals surface area contributed by atoms with Crippen molar-refractivity contribution >= 4 is 23.7 Å². The second-order valence-corrected chi connectivity index (χ2v) is 11.1. The summed E-state index contributed by atoms with van der Waals surface area (Å²) in [7, 11) is 1.65. The average molecular weight is 548 g/mol. The van der Waals surface area contributed by atoms with E-state index >= 15 is 0 Å². The Labute approximate surface area is 231 Å². The number of carbonyl (C=O) groups excluding carboxylic acids is 2. The Hall–Kier alpha value is -4.26. The largest absolute Gasteiger partial charge is 0.385 e. The molecule has 3 aliphatic heterocycles. The summed E-state index contributed by atoms with van der Waals surface area (Å²) in [4.78, 5) is 37.7. The molecule has 5 atom stereocenters. The Morgan fingerprint density at radius 3 is 2.80 bits per heavy atom. The minimum atomic E-state index is -1.16. The number of aromatic nitrogens is 2. The van der Waals surface area contributed by atoms with E-state index < -0.39 is 29.9 Å². The van der Waals surface area contributed by atoms with Crippen molar-refractivity contribution in [3.63, 3.8) is 0 Å². The van der Waals surface area contributed by atoms with Gasteiger partial charge in [-0.15, -0.1) is 5.10 Å². The lowest BCUT2D eigenvalue weighted by atomic mass is 9.87. The Morgan fingerprint density at radius 2 is 2.02 bits per heavy atom. The number of amides is 2. The van der Waals surface area contributed by atoms with E-state index in [1.165, 1.54) is 10.5 Å². The maximum absolute atomic E-state index is 13.5. The second kappa shape index (κ2) is 9.73. The van der Waals surface area contributed by atoms with Gasteiger partial charge in [-0.1, -0.05) is 12.1 Å². The number of rotatable bonds is 5. The van der Waals surface area contributed by atoms with Crippen LogP contribution < -0.4 is 27.1 Å². The van der Waals surface area contributed by atoms with Crippen LogP contribution in [0.3, 0.4) is 0 Å². The van der Waals surface area contributed by atoms with Gasteiger partial charge in [-0.05, 0) is 61.9 Å².